The van der Waals surface area contributed by atoms with Crippen LogP contribution in [0.25, 0.3) is 0 Å². The molecule has 0 spiro atoms. The fourth-order valence-corrected chi connectivity index (χ4v) is 3.06. The molecule has 19 heavy (non-hydrogen) atoms. The number of halogens is 1. The van der Waals surface area contributed by atoms with E-state index in [4.69, 9.17) is 0 Å². The number of hydrogen-bond acceptors (Lipinski definition) is 5. The van der Waals surface area contributed by atoms with Crippen LogP contribution in [0, 0.1) is 0 Å². The lowest BCUT2D eigenvalue weighted by Crippen LogP contribution is -2.14. The number of nitrogens with one attached hydrogen (secondary N) is 1. The molecule has 2 heterocycles. The zero-order chi connectivity index (χ0) is 12.8. The first kappa shape index (κ1) is 14.6. The number of fused-ring (bicyclic) bond motifs is 1. The molecule has 0 aromatic heterocycles. The molecule has 2 saturated heterocycles. The molecule has 2 aliphatic rings. The smallest absolute Gasteiger partial charge is 0.175 e. The van der Waals surface area contributed by atoms with E-state index in [0.29, 0.717) is 11.1 Å². The number of rotatable bonds is 3. The van der Waals surface area contributed by atoms with Gasteiger partial charge in [0.1, 0.15) is 6.17 Å². The normalized spacial score (nSPS) is 29.0. The van der Waals surface area contributed by atoms with Crippen molar-refractivity contribution in [1.29, 1.82) is 0 Å². The second-order valence-corrected chi connectivity index (χ2v) is 6.91. The highest BCUT2D eigenvalue weighted by molar-refractivity contribution is 7.90. The Balaban J connectivity index is 0.00000133. The van der Waals surface area contributed by atoms with Crippen LogP contribution in [-0.2, 0) is 9.84 Å². The summed E-state index contributed by atoms with van der Waals surface area (Å²) in [7, 11) is -3.11. The zero-order valence-electron chi connectivity index (χ0n) is 10.7. The third-order valence-electron chi connectivity index (χ3n) is 3.47. The molecule has 1 aromatic rings. The number of anilines is 1. The van der Waals surface area contributed by atoms with E-state index in [0.717, 1.165) is 12.2 Å². The van der Waals surface area contributed by atoms with E-state index in [2.05, 4.69) is 15.6 Å². The Morgan fingerprint density at radius 2 is 1.89 bits per heavy atom. The Morgan fingerprint density at radius 3 is 2.42 bits per heavy atom. The van der Waals surface area contributed by atoms with Gasteiger partial charge in [0.25, 0.3) is 0 Å². The summed E-state index contributed by atoms with van der Waals surface area (Å²) in [6, 6.07) is 6.89. The van der Waals surface area contributed by atoms with Crippen LogP contribution in [-0.4, -0.2) is 37.5 Å². The summed E-state index contributed by atoms with van der Waals surface area (Å²) in [6.07, 6.45) is 5.48. The van der Waals surface area contributed by atoms with Crippen LogP contribution in [0.15, 0.2) is 29.2 Å². The first-order valence-electron chi connectivity index (χ1n) is 6.18. The topological polar surface area (TPSA) is 52.2 Å². The summed E-state index contributed by atoms with van der Waals surface area (Å²) in [4.78, 5) is 0.358. The van der Waals surface area contributed by atoms with Gasteiger partial charge in [-0.1, -0.05) is 0 Å². The van der Waals surface area contributed by atoms with Crippen molar-refractivity contribution in [1.82, 2.24) is 10.1 Å². The molecule has 1 N–H and O–H groups in total. The maximum atomic E-state index is 11.3. The summed E-state index contributed by atoms with van der Waals surface area (Å²) >= 11 is 0. The van der Waals surface area contributed by atoms with Gasteiger partial charge in [-0.05, 0) is 43.5 Å². The van der Waals surface area contributed by atoms with Crippen LogP contribution in [0.3, 0.4) is 0 Å². The van der Waals surface area contributed by atoms with Crippen molar-refractivity contribution in [2.75, 3.05) is 18.2 Å². The van der Waals surface area contributed by atoms with E-state index in [1.165, 1.54) is 25.5 Å². The summed E-state index contributed by atoms with van der Waals surface area (Å²) in [5, 5.41) is 4.43. The number of nitrogens with zero attached hydrogens (tertiary/aromatic N) is 2. The molecule has 2 aliphatic heterocycles. The molecule has 0 aliphatic carbocycles. The van der Waals surface area contributed by atoms with Crippen molar-refractivity contribution in [2.24, 2.45) is 0 Å². The minimum absolute atomic E-state index is 0. The SMILES string of the molecule is CS(=O)(=O)c1ccc(NN2C3CCCCN32)cc1.Cl. The van der Waals surface area contributed by atoms with Gasteiger partial charge in [-0.3, -0.25) is 0 Å². The van der Waals surface area contributed by atoms with Crippen LogP contribution in [0.5, 0.6) is 0 Å². The minimum Gasteiger partial charge on any atom is -0.304 e. The van der Waals surface area contributed by atoms with Gasteiger partial charge in [-0.2, -0.15) is 0 Å². The Hall–Kier alpha value is -0.820. The van der Waals surface area contributed by atoms with Crippen molar-refractivity contribution in [3.8, 4) is 0 Å². The number of benzene rings is 1. The van der Waals surface area contributed by atoms with Gasteiger partial charge in [0.2, 0.25) is 0 Å². The number of sulfone groups is 1. The third-order valence-corrected chi connectivity index (χ3v) is 4.60. The molecule has 3 rings (SSSR count). The predicted molar refractivity (Wildman–Crippen MR) is 76.6 cm³/mol. The fourth-order valence-electron chi connectivity index (χ4n) is 2.43. The Labute approximate surface area is 119 Å². The first-order chi connectivity index (χ1) is 8.55. The van der Waals surface area contributed by atoms with Gasteiger partial charge in [0.15, 0.2) is 9.84 Å². The number of hydrazine groups is 2. The molecule has 7 heteroatoms. The molecule has 0 radical (unpaired) electrons. The lowest BCUT2D eigenvalue weighted by atomic mass is 10.2. The average Bonchev–Trinajstić information content (AvgIpc) is 3.03. The molecule has 3 unspecified atom stereocenters. The zero-order valence-corrected chi connectivity index (χ0v) is 12.4. The minimum atomic E-state index is -3.11. The van der Waals surface area contributed by atoms with Gasteiger partial charge in [-0.15, -0.1) is 17.5 Å². The fraction of sp³-hybridized carbons (Fsp3) is 0.500. The molecule has 0 saturated carbocycles. The van der Waals surface area contributed by atoms with Crippen molar-refractivity contribution in [3.05, 3.63) is 24.3 Å². The lowest BCUT2D eigenvalue weighted by Gasteiger charge is -2.08. The van der Waals surface area contributed by atoms with Crippen LogP contribution in [0.4, 0.5) is 5.69 Å². The van der Waals surface area contributed by atoms with E-state index in [1.54, 1.807) is 12.1 Å². The lowest BCUT2D eigenvalue weighted by molar-refractivity contribution is 0.328. The van der Waals surface area contributed by atoms with Crippen LogP contribution in [0.2, 0.25) is 0 Å². The molecule has 0 amide bonds. The largest absolute Gasteiger partial charge is 0.304 e. The molecule has 2 fully saturated rings. The van der Waals surface area contributed by atoms with Gasteiger partial charge in [-0.25, -0.2) is 13.4 Å². The Morgan fingerprint density at radius 1 is 1.21 bits per heavy atom. The summed E-state index contributed by atoms with van der Waals surface area (Å²) < 4.78 is 22.7. The summed E-state index contributed by atoms with van der Waals surface area (Å²) in [6.45, 7) is 1.11. The average molecular weight is 304 g/mol. The number of hydrogen-bond donors (Lipinski definition) is 1. The van der Waals surface area contributed by atoms with E-state index in [1.807, 2.05) is 12.1 Å². The third kappa shape index (κ3) is 3.02. The van der Waals surface area contributed by atoms with Gasteiger partial charge < -0.3 is 5.43 Å². The van der Waals surface area contributed by atoms with Crippen LogP contribution in [0.1, 0.15) is 19.3 Å². The monoisotopic (exact) mass is 303 g/mol. The van der Waals surface area contributed by atoms with Crippen molar-refractivity contribution in [3.63, 3.8) is 0 Å². The van der Waals surface area contributed by atoms with Gasteiger partial charge in [0.05, 0.1) is 10.6 Å². The molecule has 1 aromatic carbocycles. The number of piperidine rings is 1. The standard InChI is InChI=1S/C12H17N3O2S.ClH/c1-18(16,17)11-7-5-10(6-8-11)13-15-12-4-2-3-9-14(12)15;/h5-8,12-13H,2-4,9H2,1H3;1H. The van der Waals surface area contributed by atoms with E-state index in [-0.39, 0.29) is 12.4 Å². The second-order valence-electron chi connectivity index (χ2n) is 4.89. The van der Waals surface area contributed by atoms with Crippen molar-refractivity contribution < 1.29 is 8.42 Å². The molecule has 0 bridgehead atoms. The summed E-state index contributed by atoms with van der Waals surface area (Å²) in [5.74, 6) is 0. The maximum absolute atomic E-state index is 11.3. The predicted octanol–water partition coefficient (Wildman–Crippen LogP) is 1.88. The molecular formula is C12H18ClN3O2S. The van der Waals surface area contributed by atoms with Crippen molar-refractivity contribution in [2.45, 2.75) is 30.3 Å². The van der Waals surface area contributed by atoms with Gasteiger partial charge in [0, 0.05) is 12.8 Å². The highest BCUT2D eigenvalue weighted by Gasteiger charge is 2.46. The first-order valence-corrected chi connectivity index (χ1v) is 8.07. The Kier molecular flexibility index (Phi) is 4.06. The highest BCUT2D eigenvalue weighted by atomic mass is 35.5. The van der Waals surface area contributed by atoms with Crippen LogP contribution >= 0.6 is 12.4 Å². The van der Waals surface area contributed by atoms with E-state index >= 15 is 0 Å². The Bertz CT molecular complexity index is 535. The second kappa shape index (κ2) is 5.28. The highest BCUT2D eigenvalue weighted by Crippen LogP contribution is 2.35. The van der Waals surface area contributed by atoms with Gasteiger partial charge >= 0.3 is 0 Å². The summed E-state index contributed by atoms with van der Waals surface area (Å²) in [5.41, 5.74) is 4.23. The van der Waals surface area contributed by atoms with Crippen LogP contribution < -0.4 is 5.43 Å². The molecular weight excluding hydrogens is 286 g/mol. The quantitative estimate of drug-likeness (QED) is 0.864. The molecule has 3 atom stereocenters. The molecule has 5 nitrogen and oxygen atoms in total. The molecule has 106 valence electrons. The van der Waals surface area contributed by atoms with E-state index < -0.39 is 9.84 Å². The van der Waals surface area contributed by atoms with Crippen molar-refractivity contribution >= 4 is 27.9 Å². The van der Waals surface area contributed by atoms with E-state index in [9.17, 15) is 8.42 Å². The maximum Gasteiger partial charge on any atom is 0.175 e.